The van der Waals surface area contributed by atoms with Gasteiger partial charge in [0.15, 0.2) is 0 Å². The van der Waals surface area contributed by atoms with Crippen LogP contribution in [0.25, 0.3) is 0 Å². The first-order valence-electron chi connectivity index (χ1n) is 7.95. The quantitative estimate of drug-likeness (QED) is 0.763. The van der Waals surface area contributed by atoms with E-state index in [-0.39, 0.29) is 30.1 Å². The molecule has 2 N–H and O–H groups in total. The van der Waals surface area contributed by atoms with Crippen molar-refractivity contribution in [2.24, 2.45) is 11.7 Å². The van der Waals surface area contributed by atoms with Gasteiger partial charge in [-0.15, -0.1) is 12.4 Å². The van der Waals surface area contributed by atoms with E-state index in [4.69, 9.17) is 5.73 Å². The van der Waals surface area contributed by atoms with Crippen LogP contribution in [0.2, 0.25) is 0 Å². The van der Waals surface area contributed by atoms with Gasteiger partial charge in [0.1, 0.15) is 0 Å². The lowest BCUT2D eigenvalue weighted by Crippen LogP contribution is -2.55. The average Bonchev–Trinajstić information content (AvgIpc) is 2.47. The first kappa shape index (κ1) is 21.1. The Hall–Kier alpha value is -0.850. The van der Waals surface area contributed by atoms with E-state index in [9.17, 15) is 9.59 Å². The van der Waals surface area contributed by atoms with E-state index >= 15 is 0 Å². The van der Waals surface area contributed by atoms with Gasteiger partial charge < -0.3 is 15.5 Å². The summed E-state index contributed by atoms with van der Waals surface area (Å²) >= 11 is 0. The lowest BCUT2D eigenvalue weighted by atomic mass is 10.0. The average molecular weight is 335 g/mol. The predicted octanol–water partition coefficient (Wildman–Crippen LogP) is 0.404. The van der Waals surface area contributed by atoms with Crippen LogP contribution in [0.15, 0.2) is 0 Å². The Kier molecular flexibility index (Phi) is 9.64. The van der Waals surface area contributed by atoms with Crippen molar-refractivity contribution >= 4 is 24.2 Å². The van der Waals surface area contributed by atoms with Crippen molar-refractivity contribution in [1.82, 2.24) is 14.7 Å². The normalized spacial score (nSPS) is 17.1. The molecule has 0 spiro atoms. The molecule has 1 atom stereocenters. The van der Waals surface area contributed by atoms with Gasteiger partial charge in [0.2, 0.25) is 11.8 Å². The molecule has 0 saturated carbocycles. The molecule has 0 aromatic heterocycles. The second-order valence-corrected chi connectivity index (χ2v) is 5.94. The standard InChI is InChI=1S/C15H30N4O2.ClH/c1-5-18(6-2)13(20)11-17-7-9-19(10-8-17)15(21)14(16)12(3)4;/h12,14H,5-11,16H2,1-4H3;1H/t14-;/m0./s1. The molecule has 0 radical (unpaired) electrons. The molecule has 6 nitrogen and oxygen atoms in total. The molecule has 1 fully saturated rings. The number of likely N-dealkylation sites (N-methyl/N-ethyl adjacent to an activating group) is 1. The van der Waals surface area contributed by atoms with Gasteiger partial charge in [-0.05, 0) is 19.8 Å². The largest absolute Gasteiger partial charge is 0.342 e. The van der Waals surface area contributed by atoms with Gasteiger partial charge in [-0.2, -0.15) is 0 Å². The molecule has 0 aliphatic carbocycles. The van der Waals surface area contributed by atoms with Crippen molar-refractivity contribution < 1.29 is 9.59 Å². The Morgan fingerprint density at radius 3 is 2.00 bits per heavy atom. The van der Waals surface area contributed by atoms with Gasteiger partial charge in [0.25, 0.3) is 0 Å². The number of carbonyl (C=O) groups is 2. The SMILES string of the molecule is CCN(CC)C(=O)CN1CCN(C(=O)[C@@H](N)C(C)C)CC1.Cl. The fourth-order valence-electron chi connectivity index (χ4n) is 2.49. The van der Waals surface area contributed by atoms with Gasteiger partial charge in [-0.3, -0.25) is 14.5 Å². The summed E-state index contributed by atoms with van der Waals surface area (Å²) in [6, 6.07) is -0.422. The molecule has 1 rings (SSSR count). The second-order valence-electron chi connectivity index (χ2n) is 5.94. The number of nitrogens with zero attached hydrogens (tertiary/aromatic N) is 3. The molecule has 0 bridgehead atoms. The van der Waals surface area contributed by atoms with Gasteiger partial charge in [0, 0.05) is 39.3 Å². The summed E-state index contributed by atoms with van der Waals surface area (Å²) in [4.78, 5) is 30.0. The molecule has 130 valence electrons. The number of hydrogen-bond acceptors (Lipinski definition) is 4. The van der Waals surface area contributed by atoms with Crippen LogP contribution >= 0.6 is 12.4 Å². The maximum absolute atomic E-state index is 12.2. The molecule has 7 heteroatoms. The summed E-state index contributed by atoms with van der Waals surface area (Å²) in [7, 11) is 0. The molecular formula is C15H31ClN4O2. The number of hydrogen-bond donors (Lipinski definition) is 1. The minimum atomic E-state index is -0.422. The summed E-state index contributed by atoms with van der Waals surface area (Å²) in [6.07, 6.45) is 0. The van der Waals surface area contributed by atoms with Crippen molar-refractivity contribution in [2.45, 2.75) is 33.7 Å². The summed E-state index contributed by atoms with van der Waals surface area (Å²) < 4.78 is 0. The molecule has 0 aromatic rings. The Morgan fingerprint density at radius 2 is 1.59 bits per heavy atom. The van der Waals surface area contributed by atoms with Gasteiger partial charge >= 0.3 is 0 Å². The lowest BCUT2D eigenvalue weighted by Gasteiger charge is -2.36. The van der Waals surface area contributed by atoms with Gasteiger partial charge in [0.05, 0.1) is 12.6 Å². The maximum Gasteiger partial charge on any atom is 0.239 e. The third kappa shape index (κ3) is 5.74. The number of rotatable bonds is 6. The van der Waals surface area contributed by atoms with E-state index in [1.807, 2.05) is 37.5 Å². The summed E-state index contributed by atoms with van der Waals surface area (Å²) in [5.41, 5.74) is 5.92. The predicted molar refractivity (Wildman–Crippen MR) is 91.0 cm³/mol. The molecule has 22 heavy (non-hydrogen) atoms. The number of amides is 2. The molecular weight excluding hydrogens is 304 g/mol. The highest BCUT2D eigenvalue weighted by Crippen LogP contribution is 2.08. The maximum atomic E-state index is 12.2. The highest BCUT2D eigenvalue weighted by molar-refractivity contribution is 5.85. The van der Waals surface area contributed by atoms with E-state index in [1.54, 1.807) is 0 Å². The Morgan fingerprint density at radius 1 is 1.09 bits per heavy atom. The van der Waals surface area contributed by atoms with Crippen LogP contribution in [-0.2, 0) is 9.59 Å². The van der Waals surface area contributed by atoms with Crippen LogP contribution in [0, 0.1) is 5.92 Å². The Balaban J connectivity index is 0.00000441. The molecule has 0 unspecified atom stereocenters. The number of piperazine rings is 1. The van der Waals surface area contributed by atoms with Crippen molar-refractivity contribution in [3.05, 3.63) is 0 Å². The zero-order valence-corrected chi connectivity index (χ0v) is 15.1. The summed E-state index contributed by atoms with van der Waals surface area (Å²) in [5.74, 6) is 0.346. The monoisotopic (exact) mass is 334 g/mol. The smallest absolute Gasteiger partial charge is 0.239 e. The van der Waals surface area contributed by atoms with Crippen molar-refractivity contribution in [3.8, 4) is 0 Å². The number of carbonyl (C=O) groups excluding carboxylic acids is 2. The highest BCUT2D eigenvalue weighted by atomic mass is 35.5. The van der Waals surface area contributed by atoms with Crippen molar-refractivity contribution in [1.29, 1.82) is 0 Å². The first-order chi connectivity index (χ1) is 9.90. The van der Waals surface area contributed by atoms with E-state index in [0.717, 1.165) is 26.2 Å². The van der Waals surface area contributed by atoms with Crippen molar-refractivity contribution in [3.63, 3.8) is 0 Å². The first-order valence-corrected chi connectivity index (χ1v) is 7.95. The van der Waals surface area contributed by atoms with Gasteiger partial charge in [-0.25, -0.2) is 0 Å². The van der Waals surface area contributed by atoms with Crippen LogP contribution in [0.1, 0.15) is 27.7 Å². The van der Waals surface area contributed by atoms with Crippen LogP contribution in [0.5, 0.6) is 0 Å². The molecule has 1 aliphatic heterocycles. The van der Waals surface area contributed by atoms with E-state index in [0.29, 0.717) is 19.6 Å². The van der Waals surface area contributed by atoms with E-state index in [2.05, 4.69) is 4.90 Å². The summed E-state index contributed by atoms with van der Waals surface area (Å²) in [6.45, 7) is 12.6. The van der Waals surface area contributed by atoms with Gasteiger partial charge in [-0.1, -0.05) is 13.8 Å². The van der Waals surface area contributed by atoms with Crippen molar-refractivity contribution in [2.75, 3.05) is 45.8 Å². The second kappa shape index (κ2) is 10.0. The minimum Gasteiger partial charge on any atom is -0.342 e. The highest BCUT2D eigenvalue weighted by Gasteiger charge is 2.27. The van der Waals surface area contributed by atoms with Crippen LogP contribution < -0.4 is 5.73 Å². The van der Waals surface area contributed by atoms with E-state index in [1.165, 1.54) is 0 Å². The van der Waals surface area contributed by atoms with Crippen LogP contribution in [-0.4, -0.2) is 78.4 Å². The molecule has 2 amide bonds. The van der Waals surface area contributed by atoms with Crippen LogP contribution in [0.4, 0.5) is 0 Å². The molecule has 1 saturated heterocycles. The third-order valence-corrected chi connectivity index (χ3v) is 4.16. The third-order valence-electron chi connectivity index (χ3n) is 4.16. The fraction of sp³-hybridized carbons (Fsp3) is 0.867. The van der Waals surface area contributed by atoms with E-state index < -0.39 is 6.04 Å². The zero-order valence-electron chi connectivity index (χ0n) is 14.2. The van der Waals surface area contributed by atoms with Crippen LogP contribution in [0.3, 0.4) is 0 Å². The zero-order chi connectivity index (χ0) is 16.0. The lowest BCUT2D eigenvalue weighted by molar-refractivity contribution is -0.136. The Labute approximate surface area is 140 Å². The summed E-state index contributed by atoms with van der Waals surface area (Å²) in [5, 5.41) is 0. The topological polar surface area (TPSA) is 69.9 Å². The molecule has 1 aliphatic rings. The minimum absolute atomic E-state index is 0. The molecule has 0 aromatic carbocycles. The Bertz CT molecular complexity index is 353. The fourth-order valence-corrected chi connectivity index (χ4v) is 2.49. The number of nitrogens with two attached hydrogens (primary N) is 1. The molecule has 1 heterocycles. The number of halogens is 1.